The summed E-state index contributed by atoms with van der Waals surface area (Å²) in [7, 11) is 1.42. The number of carbonyl (C=O) groups is 3. The number of aromatic nitrogens is 3. The smallest absolute Gasteiger partial charge is 0.312 e. The minimum Gasteiger partial charge on any atom is -0.507 e. The van der Waals surface area contributed by atoms with Crippen LogP contribution in [0.15, 0.2) is 53.9 Å². The van der Waals surface area contributed by atoms with Crippen LogP contribution in [0.25, 0.3) is 10.8 Å². The first kappa shape index (κ1) is 42.4. The third-order valence-corrected chi connectivity index (χ3v) is 10.8. The van der Waals surface area contributed by atoms with Crippen molar-refractivity contribution in [1.29, 1.82) is 0 Å². The van der Waals surface area contributed by atoms with Crippen LogP contribution in [0, 0.1) is 30.6 Å². The number of fused-ring (bicyclic) bond motifs is 14. The molecular formula is C40H49N5O12. The quantitative estimate of drug-likeness (QED) is 0.0938. The number of Topliss-reactive ketones (excluding diaryl/α,β-unsaturated/α-hetero) is 1. The van der Waals surface area contributed by atoms with Crippen LogP contribution in [-0.2, 0) is 23.8 Å². The van der Waals surface area contributed by atoms with Crippen LogP contribution in [0.3, 0.4) is 0 Å². The highest BCUT2D eigenvalue weighted by Crippen LogP contribution is 2.55. The van der Waals surface area contributed by atoms with Crippen molar-refractivity contribution >= 4 is 40.3 Å². The number of aromatic hydroxyl groups is 3. The summed E-state index contributed by atoms with van der Waals surface area (Å²) in [6, 6.07) is 0. The second-order valence-corrected chi connectivity index (χ2v) is 14.7. The Labute approximate surface area is 328 Å². The van der Waals surface area contributed by atoms with Crippen molar-refractivity contribution in [3.8, 4) is 23.0 Å². The summed E-state index contributed by atoms with van der Waals surface area (Å²) in [5.74, 6) is -8.72. The molecule has 306 valence electrons. The van der Waals surface area contributed by atoms with Gasteiger partial charge in [0.1, 0.15) is 36.0 Å². The summed E-state index contributed by atoms with van der Waals surface area (Å²) in [6.45, 7) is 12.4. The zero-order valence-corrected chi connectivity index (χ0v) is 33.1. The standard InChI is InChI=1S/C40H49N5O12/c1-18-11-10-12-19(2)39(53)44-30-25(15-43-45-16-41-42-17-45)34(50)27-28(35(30)51)33(49)23(6)37-29(27)38(52)40(8,57-37)55-14-13-26(54-9)20(3)36(56-24(7)46)22(5)32(48)21(4)31(18)47/h10-18,20-22,26,31-32,36,47-51H,1-9H3,(H,44,53)/b11-10+,14-13+,19-12-,43-15+/t18-,20+,21+,22+,26-,31-,32+,36+,40-/m0/s1. The molecule has 57 heavy (non-hydrogen) atoms. The molecule has 17 heteroatoms. The average Bonchev–Trinajstić information content (AvgIpc) is 3.79. The Hall–Kier alpha value is -5.78. The van der Waals surface area contributed by atoms with E-state index in [0.717, 1.165) is 6.21 Å². The van der Waals surface area contributed by atoms with Crippen molar-refractivity contribution in [2.75, 3.05) is 12.4 Å². The lowest BCUT2D eigenvalue weighted by Gasteiger charge is -2.38. The first-order chi connectivity index (χ1) is 26.8. The number of nitrogens with zero attached hydrogens (tertiary/aromatic N) is 4. The Bertz CT molecular complexity index is 2160. The Morgan fingerprint density at radius 1 is 0.965 bits per heavy atom. The number of aliphatic hydroxyl groups is 2. The van der Waals surface area contributed by atoms with Crippen molar-refractivity contribution in [2.45, 2.75) is 85.6 Å². The molecule has 4 heterocycles. The minimum atomic E-state index is -2.07. The van der Waals surface area contributed by atoms with Gasteiger partial charge in [-0.1, -0.05) is 45.9 Å². The second-order valence-electron chi connectivity index (χ2n) is 14.7. The summed E-state index contributed by atoms with van der Waals surface area (Å²) in [6.07, 6.45) is 7.00. The molecule has 0 unspecified atom stereocenters. The SMILES string of the molecule is CO[C@H]1/C=C/O[C@@]2(C)Oc3c(C)c(O)c4c(O)c(c(/C=N/n5cnnc5)c(O)c4c3C2=O)NC(=O)/C(C)=C\C=C\[C@H](C)[C@H](O)[C@@H](C)[C@@H](O)[C@@H](C)[C@H](OC(C)=O)[C@@H]1C. The van der Waals surface area contributed by atoms with E-state index in [4.69, 9.17) is 18.9 Å². The highest BCUT2D eigenvalue weighted by Gasteiger charge is 2.50. The summed E-state index contributed by atoms with van der Waals surface area (Å²) >= 11 is 0. The number of hydrogen-bond acceptors (Lipinski definition) is 15. The molecule has 0 spiro atoms. The monoisotopic (exact) mass is 791 g/mol. The third-order valence-electron chi connectivity index (χ3n) is 10.8. The van der Waals surface area contributed by atoms with Crippen molar-refractivity contribution < 1.29 is 58.9 Å². The van der Waals surface area contributed by atoms with E-state index in [0.29, 0.717) is 0 Å². The molecule has 3 aliphatic rings. The van der Waals surface area contributed by atoms with Gasteiger partial charge in [-0.3, -0.25) is 14.4 Å². The summed E-state index contributed by atoms with van der Waals surface area (Å²) in [5, 5.41) is 71.5. The summed E-state index contributed by atoms with van der Waals surface area (Å²) in [4.78, 5) is 40.2. The first-order valence-electron chi connectivity index (χ1n) is 18.3. The maximum absolute atomic E-state index is 14.3. The molecule has 6 N–H and O–H groups in total. The second kappa shape index (κ2) is 16.8. The van der Waals surface area contributed by atoms with E-state index in [9.17, 15) is 39.9 Å². The molecule has 0 radical (unpaired) electrons. The molecule has 1 aromatic heterocycles. The molecule has 0 aliphatic carbocycles. The van der Waals surface area contributed by atoms with Crippen LogP contribution >= 0.6 is 0 Å². The molecule has 17 nitrogen and oxygen atoms in total. The van der Waals surface area contributed by atoms with Crippen LogP contribution in [0.4, 0.5) is 5.69 Å². The van der Waals surface area contributed by atoms with Gasteiger partial charge < -0.3 is 49.8 Å². The number of carbonyl (C=O) groups excluding carboxylic acids is 3. The Balaban J connectivity index is 1.72. The Kier molecular flexibility index (Phi) is 12.5. The van der Waals surface area contributed by atoms with Gasteiger partial charge in [0.25, 0.3) is 11.7 Å². The number of amides is 1. The Morgan fingerprint density at radius 2 is 1.63 bits per heavy atom. The first-order valence-corrected chi connectivity index (χ1v) is 18.3. The van der Waals surface area contributed by atoms with Crippen molar-refractivity contribution in [2.24, 2.45) is 28.8 Å². The van der Waals surface area contributed by atoms with E-state index in [1.807, 2.05) is 0 Å². The number of hydrogen-bond donors (Lipinski definition) is 6. The molecule has 9 atom stereocenters. The number of nitrogens with one attached hydrogen (secondary N) is 1. The molecule has 3 aromatic rings. The minimum absolute atomic E-state index is 0.0254. The Morgan fingerprint density at radius 3 is 2.26 bits per heavy atom. The highest BCUT2D eigenvalue weighted by molar-refractivity contribution is 6.23. The number of rotatable bonds is 4. The molecule has 0 saturated heterocycles. The zero-order chi connectivity index (χ0) is 42.1. The van der Waals surface area contributed by atoms with Crippen LogP contribution in [0.5, 0.6) is 23.0 Å². The number of phenols is 3. The normalized spacial score (nSPS) is 30.8. The molecule has 5 bridgehead atoms. The number of ether oxygens (including phenoxy) is 4. The number of esters is 1. The number of ketones is 1. The fourth-order valence-electron chi connectivity index (χ4n) is 7.25. The lowest BCUT2D eigenvalue weighted by Crippen LogP contribution is -2.46. The van der Waals surface area contributed by atoms with Gasteiger partial charge in [-0.25, -0.2) is 4.68 Å². The van der Waals surface area contributed by atoms with Crippen LogP contribution in [-0.4, -0.2) is 102 Å². The fraction of sp³-hybridized carbons (Fsp3) is 0.450. The number of aliphatic hydroxyl groups excluding tert-OH is 2. The highest BCUT2D eigenvalue weighted by atomic mass is 16.7. The topological polar surface area (TPSA) is 244 Å². The van der Waals surface area contributed by atoms with Gasteiger partial charge in [0.15, 0.2) is 5.75 Å². The van der Waals surface area contributed by atoms with E-state index in [-0.39, 0.29) is 44.5 Å². The summed E-state index contributed by atoms with van der Waals surface area (Å²) < 4.78 is 24.6. The van der Waals surface area contributed by atoms with E-state index < -0.39 is 88.8 Å². The fourth-order valence-corrected chi connectivity index (χ4v) is 7.25. The van der Waals surface area contributed by atoms with Crippen molar-refractivity contribution in [3.63, 3.8) is 0 Å². The molecule has 6 rings (SSSR count). The number of allylic oxidation sites excluding steroid dienone is 2. The molecule has 0 fully saturated rings. The maximum atomic E-state index is 14.3. The lowest BCUT2D eigenvalue weighted by molar-refractivity contribution is -0.160. The van der Waals surface area contributed by atoms with Crippen LogP contribution in [0.1, 0.15) is 70.0 Å². The maximum Gasteiger partial charge on any atom is 0.312 e. The molecule has 3 aliphatic heterocycles. The number of anilines is 1. The number of benzene rings is 2. The van der Waals surface area contributed by atoms with Crippen LogP contribution < -0.4 is 10.1 Å². The van der Waals surface area contributed by atoms with Gasteiger partial charge >= 0.3 is 11.8 Å². The molecular weight excluding hydrogens is 742 g/mol. The van der Waals surface area contributed by atoms with Gasteiger partial charge in [0, 0.05) is 61.2 Å². The molecule has 0 saturated carbocycles. The zero-order valence-electron chi connectivity index (χ0n) is 33.1. The third kappa shape index (κ3) is 8.08. The van der Waals surface area contributed by atoms with Crippen LogP contribution in [0.2, 0.25) is 0 Å². The number of methoxy groups -OCH3 is 1. The van der Waals surface area contributed by atoms with Gasteiger partial charge in [-0.05, 0) is 19.9 Å². The lowest BCUT2D eigenvalue weighted by atomic mass is 9.78. The predicted molar refractivity (Wildman–Crippen MR) is 207 cm³/mol. The van der Waals surface area contributed by atoms with Gasteiger partial charge in [-0.2, -0.15) is 5.10 Å². The van der Waals surface area contributed by atoms with E-state index in [2.05, 4.69) is 20.6 Å². The van der Waals surface area contributed by atoms with Gasteiger partial charge in [0.2, 0.25) is 0 Å². The van der Waals surface area contributed by atoms with E-state index in [1.54, 1.807) is 39.8 Å². The molecule has 1 amide bonds. The number of phenolic OH excluding ortho intramolecular Hbond substituents is 3. The molecule has 2 aromatic carbocycles. The summed E-state index contributed by atoms with van der Waals surface area (Å²) in [5.41, 5.74) is -0.655. The van der Waals surface area contributed by atoms with E-state index >= 15 is 0 Å². The van der Waals surface area contributed by atoms with E-state index in [1.165, 1.54) is 70.5 Å². The average molecular weight is 792 g/mol. The predicted octanol–water partition coefficient (Wildman–Crippen LogP) is 4.23. The van der Waals surface area contributed by atoms with Crippen molar-refractivity contribution in [1.82, 2.24) is 14.9 Å². The largest absolute Gasteiger partial charge is 0.507 e. The van der Waals surface area contributed by atoms with Gasteiger partial charge in [-0.15, -0.1) is 10.2 Å². The van der Waals surface area contributed by atoms with Crippen molar-refractivity contribution in [3.05, 3.63) is 65.5 Å². The van der Waals surface area contributed by atoms with Gasteiger partial charge in [0.05, 0.1) is 53.0 Å².